The van der Waals surface area contributed by atoms with Crippen LogP contribution >= 0.6 is 11.3 Å². The standard InChI is InChI=1S/C22H26N4OS/c1-23-22(24-12-6-5-9-17-7-3-2-4-8-17)26-19(15-27)13-18-10-11-20-21(14-18)28-16-25-20/h2-4,7,10-11,13-17H,5-6,8-9,12H2,1H3,(H2,23,24,26)/b19-13-. The van der Waals surface area contributed by atoms with E-state index in [-0.39, 0.29) is 0 Å². The second-order valence-electron chi connectivity index (χ2n) is 6.73. The fourth-order valence-electron chi connectivity index (χ4n) is 3.14. The maximum atomic E-state index is 11.5. The molecule has 0 saturated carbocycles. The largest absolute Gasteiger partial charge is 0.356 e. The van der Waals surface area contributed by atoms with Crippen molar-refractivity contribution in [2.45, 2.75) is 25.7 Å². The van der Waals surface area contributed by atoms with Gasteiger partial charge in [-0.25, -0.2) is 4.98 Å². The van der Waals surface area contributed by atoms with Gasteiger partial charge in [0.1, 0.15) is 0 Å². The number of hydrogen-bond acceptors (Lipinski definition) is 4. The van der Waals surface area contributed by atoms with Crippen molar-refractivity contribution >= 4 is 39.9 Å². The van der Waals surface area contributed by atoms with Gasteiger partial charge in [0.05, 0.1) is 21.4 Å². The van der Waals surface area contributed by atoms with E-state index in [1.54, 1.807) is 18.4 Å². The van der Waals surface area contributed by atoms with Gasteiger partial charge in [0.2, 0.25) is 0 Å². The van der Waals surface area contributed by atoms with Crippen molar-refractivity contribution < 1.29 is 4.79 Å². The van der Waals surface area contributed by atoms with E-state index in [1.807, 2.05) is 29.8 Å². The van der Waals surface area contributed by atoms with Gasteiger partial charge >= 0.3 is 0 Å². The number of carbonyl (C=O) groups is 1. The average Bonchev–Trinajstić information content (AvgIpc) is 3.20. The van der Waals surface area contributed by atoms with Crippen LogP contribution in [0.15, 0.2) is 58.7 Å². The number of nitrogens with one attached hydrogen (secondary N) is 2. The predicted octanol–water partition coefficient (Wildman–Crippen LogP) is 4.30. The summed E-state index contributed by atoms with van der Waals surface area (Å²) in [6.07, 6.45) is 16.0. The van der Waals surface area contributed by atoms with Crippen molar-refractivity contribution in [3.63, 3.8) is 0 Å². The second-order valence-corrected chi connectivity index (χ2v) is 7.61. The van der Waals surface area contributed by atoms with Gasteiger partial charge < -0.3 is 10.6 Å². The van der Waals surface area contributed by atoms with Crippen LogP contribution in [0.1, 0.15) is 31.2 Å². The van der Waals surface area contributed by atoms with Crippen molar-refractivity contribution in [2.75, 3.05) is 13.6 Å². The number of nitrogens with zero attached hydrogens (tertiary/aromatic N) is 2. The maximum absolute atomic E-state index is 11.5. The highest BCUT2D eigenvalue weighted by atomic mass is 32.1. The Kier molecular flexibility index (Phi) is 7.55. The van der Waals surface area contributed by atoms with Crippen molar-refractivity contribution in [3.8, 4) is 0 Å². The predicted molar refractivity (Wildman–Crippen MR) is 118 cm³/mol. The number of aromatic nitrogens is 1. The first-order valence-corrected chi connectivity index (χ1v) is 10.5. The average molecular weight is 395 g/mol. The summed E-state index contributed by atoms with van der Waals surface area (Å²) in [5.41, 5.74) is 4.22. The monoisotopic (exact) mass is 394 g/mol. The number of thiazole rings is 1. The lowest BCUT2D eigenvalue weighted by atomic mass is 9.95. The third-order valence-electron chi connectivity index (χ3n) is 4.65. The summed E-state index contributed by atoms with van der Waals surface area (Å²) in [6, 6.07) is 5.95. The van der Waals surface area contributed by atoms with Gasteiger partial charge in [0.25, 0.3) is 0 Å². The molecule has 0 amide bonds. The zero-order chi connectivity index (χ0) is 19.6. The highest BCUT2D eigenvalue weighted by molar-refractivity contribution is 7.16. The summed E-state index contributed by atoms with van der Waals surface area (Å²) >= 11 is 1.59. The van der Waals surface area contributed by atoms with Crippen LogP contribution in [0.4, 0.5) is 0 Å². The number of fused-ring (bicyclic) bond motifs is 1. The van der Waals surface area contributed by atoms with E-state index in [1.165, 1.54) is 6.42 Å². The van der Waals surface area contributed by atoms with Gasteiger partial charge in [-0.1, -0.05) is 36.8 Å². The van der Waals surface area contributed by atoms with Crippen LogP contribution in [0, 0.1) is 5.92 Å². The van der Waals surface area contributed by atoms with Crippen LogP contribution in [0.2, 0.25) is 0 Å². The van der Waals surface area contributed by atoms with E-state index in [4.69, 9.17) is 0 Å². The first-order chi connectivity index (χ1) is 13.8. The van der Waals surface area contributed by atoms with Crippen LogP contribution in [0.3, 0.4) is 0 Å². The molecule has 5 nitrogen and oxygen atoms in total. The van der Waals surface area contributed by atoms with E-state index < -0.39 is 0 Å². The van der Waals surface area contributed by atoms with Gasteiger partial charge in [-0.05, 0) is 49.0 Å². The second kappa shape index (κ2) is 10.6. The number of guanidine groups is 1. The Morgan fingerprint density at radius 2 is 2.29 bits per heavy atom. The van der Waals surface area contributed by atoms with Crippen molar-refractivity contribution in [3.05, 3.63) is 59.3 Å². The molecular weight excluding hydrogens is 368 g/mol. The molecule has 0 fully saturated rings. The molecule has 146 valence electrons. The van der Waals surface area contributed by atoms with Gasteiger partial charge in [-0.15, -0.1) is 11.3 Å². The Morgan fingerprint density at radius 3 is 3.07 bits per heavy atom. The van der Waals surface area contributed by atoms with E-state index in [0.29, 0.717) is 17.6 Å². The molecule has 1 heterocycles. The van der Waals surface area contributed by atoms with Crippen LogP contribution in [-0.2, 0) is 4.79 Å². The minimum Gasteiger partial charge on any atom is -0.356 e. The summed E-state index contributed by atoms with van der Waals surface area (Å²) in [6.45, 7) is 0.824. The minimum atomic E-state index is 0.469. The van der Waals surface area contributed by atoms with Crippen LogP contribution in [0.25, 0.3) is 16.3 Å². The molecule has 1 aromatic heterocycles. The molecule has 2 aromatic rings. The van der Waals surface area contributed by atoms with E-state index >= 15 is 0 Å². The number of unbranched alkanes of at least 4 members (excludes halogenated alkanes) is 1. The molecule has 6 heteroatoms. The molecule has 1 aliphatic rings. The van der Waals surface area contributed by atoms with Crippen molar-refractivity contribution in [2.24, 2.45) is 10.9 Å². The number of benzene rings is 1. The lowest BCUT2D eigenvalue weighted by Crippen LogP contribution is -2.37. The Balaban J connectivity index is 1.47. The smallest absolute Gasteiger partial charge is 0.195 e. The Bertz CT molecular complexity index is 910. The molecule has 0 bridgehead atoms. The number of aldehydes is 1. The number of hydrogen-bond donors (Lipinski definition) is 2. The molecule has 0 radical (unpaired) electrons. The number of carbonyl (C=O) groups excluding carboxylic acids is 1. The lowest BCUT2D eigenvalue weighted by molar-refractivity contribution is -0.105. The molecule has 1 atom stereocenters. The van der Waals surface area contributed by atoms with Crippen molar-refractivity contribution in [1.29, 1.82) is 0 Å². The van der Waals surface area contributed by atoms with E-state index in [9.17, 15) is 4.79 Å². The zero-order valence-corrected chi connectivity index (χ0v) is 16.9. The highest BCUT2D eigenvalue weighted by Gasteiger charge is 2.06. The molecule has 1 aliphatic carbocycles. The maximum Gasteiger partial charge on any atom is 0.195 e. The molecule has 1 unspecified atom stereocenters. The summed E-state index contributed by atoms with van der Waals surface area (Å²) in [7, 11) is 1.71. The first-order valence-electron chi connectivity index (χ1n) is 9.59. The Hall–Kier alpha value is -2.73. The van der Waals surface area contributed by atoms with Crippen LogP contribution in [-0.4, -0.2) is 30.8 Å². The van der Waals surface area contributed by atoms with Crippen LogP contribution < -0.4 is 10.6 Å². The lowest BCUT2D eigenvalue weighted by Gasteiger charge is -2.14. The molecule has 2 N–H and O–H groups in total. The summed E-state index contributed by atoms with van der Waals surface area (Å²) in [4.78, 5) is 20.0. The number of allylic oxidation sites excluding steroid dienone is 5. The SMILES string of the molecule is CN=C(NCCCCC1C=CC=CC1)N/C(C=O)=C\c1ccc2ncsc2c1. The third kappa shape index (κ3) is 5.89. The molecule has 1 aromatic carbocycles. The quantitative estimate of drug-likeness (QED) is 0.230. The highest BCUT2D eigenvalue weighted by Crippen LogP contribution is 2.20. The minimum absolute atomic E-state index is 0.469. The van der Waals surface area contributed by atoms with Crippen molar-refractivity contribution in [1.82, 2.24) is 15.6 Å². The molecule has 0 aliphatic heterocycles. The third-order valence-corrected chi connectivity index (χ3v) is 5.45. The summed E-state index contributed by atoms with van der Waals surface area (Å²) in [5, 5.41) is 6.37. The van der Waals surface area contributed by atoms with Gasteiger partial charge in [-0.3, -0.25) is 9.79 Å². The Labute approximate surface area is 170 Å². The molecule has 0 spiro atoms. The number of rotatable bonds is 8. The molecule has 3 rings (SSSR count). The normalized spacial score (nSPS) is 17.1. The summed E-state index contributed by atoms with van der Waals surface area (Å²) in [5.74, 6) is 1.28. The molecule has 0 saturated heterocycles. The molecule has 28 heavy (non-hydrogen) atoms. The topological polar surface area (TPSA) is 66.4 Å². The fraction of sp³-hybridized carbons (Fsp3) is 0.318. The zero-order valence-electron chi connectivity index (χ0n) is 16.1. The van der Waals surface area contributed by atoms with E-state index in [0.717, 1.165) is 47.9 Å². The Morgan fingerprint density at radius 1 is 1.36 bits per heavy atom. The van der Waals surface area contributed by atoms with Gasteiger partial charge in [0, 0.05) is 13.6 Å². The van der Waals surface area contributed by atoms with Gasteiger partial charge in [0.15, 0.2) is 12.2 Å². The van der Waals surface area contributed by atoms with E-state index in [2.05, 4.69) is 44.9 Å². The molecular formula is C22H26N4OS. The van der Waals surface area contributed by atoms with Gasteiger partial charge in [-0.2, -0.15) is 0 Å². The fourth-order valence-corrected chi connectivity index (χ4v) is 3.87. The van der Waals surface area contributed by atoms with Crippen LogP contribution in [0.5, 0.6) is 0 Å². The summed E-state index contributed by atoms with van der Waals surface area (Å²) < 4.78 is 1.10. The number of aliphatic imine (C=N–C) groups is 1. The first kappa shape index (κ1) is 20.0.